The summed E-state index contributed by atoms with van der Waals surface area (Å²) < 4.78 is 10.5. The monoisotopic (exact) mass is 1540 g/mol. The van der Waals surface area contributed by atoms with Crippen LogP contribution in [0.1, 0.15) is 16.7 Å². The summed E-state index contributed by atoms with van der Waals surface area (Å²) in [7, 11) is 15.9. The van der Waals surface area contributed by atoms with E-state index in [-0.39, 0.29) is 0 Å². The molecule has 0 spiro atoms. The Kier molecular flexibility index (Phi) is 26.8. The van der Waals surface area contributed by atoms with E-state index in [1.165, 1.54) is 110 Å². The van der Waals surface area contributed by atoms with Crippen molar-refractivity contribution in [3.63, 3.8) is 0 Å². The van der Waals surface area contributed by atoms with Crippen molar-refractivity contribution in [2.24, 2.45) is 0 Å². The lowest BCUT2D eigenvalue weighted by molar-refractivity contribution is 0.415. The van der Waals surface area contributed by atoms with Gasteiger partial charge in [0, 0.05) is 149 Å². The minimum atomic E-state index is 0.662. The Balaban J connectivity index is 0.000000123. The number of ether oxygens (including phenoxy) is 2. The summed E-state index contributed by atoms with van der Waals surface area (Å²) in [6, 6.07) is 140. The predicted octanol–water partition coefficient (Wildman–Crippen LogP) is 28.7. The highest BCUT2D eigenvalue weighted by molar-refractivity contribution is 6.01. The highest BCUT2D eigenvalue weighted by Crippen LogP contribution is 2.39. The fourth-order valence-electron chi connectivity index (χ4n) is 14.6. The average Bonchev–Trinajstić information content (AvgIpc) is 0.825. The summed E-state index contributed by atoms with van der Waals surface area (Å²) in [6.07, 6.45) is 0. The zero-order chi connectivity index (χ0) is 82.3. The maximum atomic E-state index is 8.86. The zero-order valence-corrected chi connectivity index (χ0v) is 68.5. The van der Waals surface area contributed by atoms with Gasteiger partial charge in [0.15, 0.2) is 5.69 Å². The fourth-order valence-corrected chi connectivity index (χ4v) is 14.6. The minimum Gasteiger partial charge on any atom is -0.497 e. The van der Waals surface area contributed by atoms with E-state index < -0.39 is 0 Å². The van der Waals surface area contributed by atoms with E-state index in [0.29, 0.717) is 11.3 Å². The summed E-state index contributed by atoms with van der Waals surface area (Å²) in [5, 5.41) is 23.9. The Morgan fingerprint density at radius 3 is 0.822 bits per heavy atom. The summed E-state index contributed by atoms with van der Waals surface area (Å²) >= 11 is 0. The van der Waals surface area contributed by atoms with Crippen molar-refractivity contribution in [2.45, 2.75) is 13.8 Å². The zero-order valence-electron chi connectivity index (χ0n) is 68.5. The number of hydrogen-bond acceptors (Lipinski definition) is 9. The second-order valence-corrected chi connectivity index (χ2v) is 28.7. The van der Waals surface area contributed by atoms with Crippen LogP contribution >= 0.6 is 0 Å². The van der Waals surface area contributed by atoms with Crippen LogP contribution in [-0.4, -0.2) is 56.5 Å². The third-order valence-corrected chi connectivity index (χ3v) is 21.2. The second-order valence-electron chi connectivity index (χ2n) is 28.7. The molecule has 0 aromatic heterocycles. The molecule has 18 rings (SSSR count). The first-order valence-corrected chi connectivity index (χ1v) is 39.4. The predicted molar refractivity (Wildman–Crippen MR) is 504 cm³/mol. The first-order valence-electron chi connectivity index (χ1n) is 39.4. The Bertz CT molecular complexity index is 6460. The lowest BCUT2D eigenvalue weighted by atomic mass is 10.1. The molecule has 18 aromatic rings. The van der Waals surface area contributed by atoms with Gasteiger partial charge in [-0.05, 0) is 185 Å². The molecule has 0 saturated carbocycles. The fraction of sp³-hybridized carbons (Fsp3) is 0.0926. The Labute approximate surface area is 694 Å². The first-order chi connectivity index (χ1) is 57.7. The number of nitriles is 1. The van der Waals surface area contributed by atoms with Crippen LogP contribution in [0.15, 0.2) is 400 Å². The lowest BCUT2D eigenvalue weighted by Gasteiger charge is -2.22. The minimum absolute atomic E-state index is 0.662. The number of nitrogens with zero attached hydrogens (tertiary/aromatic N) is 8. The molecule has 0 N–H and O–H groups in total. The molecular weight excluding hydrogens is 1440 g/mol. The van der Waals surface area contributed by atoms with Gasteiger partial charge in [0.25, 0.3) is 0 Å². The highest BCUT2D eigenvalue weighted by atomic mass is 16.5. The van der Waals surface area contributed by atoms with Gasteiger partial charge in [0.05, 0.1) is 32.4 Å². The van der Waals surface area contributed by atoms with Crippen molar-refractivity contribution in [1.29, 1.82) is 5.26 Å². The van der Waals surface area contributed by atoms with Gasteiger partial charge < -0.3 is 38.9 Å². The van der Waals surface area contributed by atoms with Gasteiger partial charge in [-0.25, -0.2) is 4.85 Å². The standard InChI is InChI=1S/2C18H14N2.2C18H17NO.2C18H17N/c1-19-15-9-6-10-16(13-15)20(2)18-12-5-8-14-7-3-4-11-17(14)18;1-20(16-11-9-14(13-19)10-12-16)18-8-4-6-15-5-2-3-7-17(15)18;1-19(15-9-6-10-16(13-15)20-2)18-12-5-8-14-7-3-4-11-17(14)18;1-19(15-10-12-16(20-2)13-11-15)18-9-5-7-14-6-3-4-8-17(14)18;1-14-7-5-10-16(13-14)19(2)18-12-6-9-15-8-3-4-11-17(15)18;1-14-10-12-16(13-11-14)19(2)18-9-5-7-15-6-3-4-8-17(15)18/h3-13H,2H3;2-12H,1H3;2*3-13H,1-2H3;2*3-13H,1-2H3. The SMILES string of the molecule is CN(c1ccc(C#N)cc1)c1cccc2ccccc12.COc1ccc(N(C)c2cccc3ccccc23)cc1.COc1cccc(N(C)c2cccc3ccccc23)c1.Cc1ccc(N(C)c2cccc3ccccc23)cc1.Cc1cccc(N(C)c2cccc3ccccc23)c1.[C-]#[N+]c1cccc(N(C)c2cccc3ccccc23)c1. The van der Waals surface area contributed by atoms with Crippen molar-refractivity contribution in [3.8, 4) is 17.6 Å². The number of benzene rings is 18. The number of aryl methyl sites for hydroxylation is 2. The van der Waals surface area contributed by atoms with Crippen LogP contribution in [0.5, 0.6) is 11.5 Å². The van der Waals surface area contributed by atoms with Gasteiger partial charge in [-0.15, -0.1) is 0 Å². The van der Waals surface area contributed by atoms with Gasteiger partial charge >= 0.3 is 0 Å². The van der Waals surface area contributed by atoms with Crippen LogP contribution in [0.3, 0.4) is 0 Å². The molecular formula is C108H96N8O2. The number of anilines is 12. The van der Waals surface area contributed by atoms with E-state index in [1.807, 2.05) is 105 Å². The van der Waals surface area contributed by atoms with Gasteiger partial charge in [-0.1, -0.05) is 266 Å². The van der Waals surface area contributed by atoms with Crippen LogP contribution < -0.4 is 38.9 Å². The van der Waals surface area contributed by atoms with E-state index in [9.17, 15) is 0 Å². The molecule has 0 heterocycles. The summed E-state index contributed by atoms with van der Waals surface area (Å²) in [6.45, 7) is 11.4. The summed E-state index contributed by atoms with van der Waals surface area (Å²) in [5.41, 5.74) is 17.9. The largest absolute Gasteiger partial charge is 0.497 e. The summed E-state index contributed by atoms with van der Waals surface area (Å²) in [4.78, 5) is 16.6. The Hall–Kier alpha value is -15.1. The third-order valence-electron chi connectivity index (χ3n) is 21.2. The van der Waals surface area contributed by atoms with Crippen LogP contribution in [0.25, 0.3) is 69.5 Å². The topological polar surface area (TPSA) is 66.1 Å². The lowest BCUT2D eigenvalue weighted by Crippen LogP contribution is -2.09. The highest BCUT2D eigenvalue weighted by Gasteiger charge is 2.15. The molecule has 0 fully saturated rings. The molecule has 0 saturated heterocycles. The molecule has 0 unspecified atom stereocenters. The molecule has 18 aromatic carbocycles. The average molecular weight is 1540 g/mol. The van der Waals surface area contributed by atoms with Crippen LogP contribution in [0.2, 0.25) is 0 Å². The molecule has 0 bridgehead atoms. The van der Waals surface area contributed by atoms with Crippen LogP contribution in [0, 0.1) is 31.8 Å². The number of fused-ring (bicyclic) bond motifs is 6. The maximum Gasteiger partial charge on any atom is 0.189 e. The van der Waals surface area contributed by atoms with Crippen molar-refractivity contribution < 1.29 is 9.47 Å². The number of methoxy groups -OCH3 is 2. The van der Waals surface area contributed by atoms with Crippen molar-refractivity contribution in [3.05, 3.63) is 428 Å². The normalized spacial score (nSPS) is 10.4. The maximum absolute atomic E-state index is 8.86. The molecule has 10 nitrogen and oxygen atoms in total. The van der Waals surface area contributed by atoms with E-state index in [4.69, 9.17) is 21.3 Å². The van der Waals surface area contributed by atoms with Crippen molar-refractivity contribution in [2.75, 3.05) is 85.9 Å². The molecule has 118 heavy (non-hydrogen) atoms. The molecule has 0 aliphatic carbocycles. The molecule has 0 atom stereocenters. The van der Waals surface area contributed by atoms with E-state index >= 15 is 0 Å². The van der Waals surface area contributed by atoms with E-state index in [0.717, 1.165) is 45.6 Å². The van der Waals surface area contributed by atoms with Crippen LogP contribution in [-0.2, 0) is 0 Å². The van der Waals surface area contributed by atoms with E-state index in [2.05, 4.69) is 392 Å². The van der Waals surface area contributed by atoms with Gasteiger partial charge in [-0.3, -0.25) is 0 Å². The van der Waals surface area contributed by atoms with Gasteiger partial charge in [0.1, 0.15) is 11.5 Å². The van der Waals surface area contributed by atoms with Gasteiger partial charge in [-0.2, -0.15) is 5.26 Å². The van der Waals surface area contributed by atoms with Crippen LogP contribution in [0.4, 0.5) is 73.9 Å². The van der Waals surface area contributed by atoms with Crippen molar-refractivity contribution in [1.82, 2.24) is 0 Å². The molecule has 0 aliphatic rings. The van der Waals surface area contributed by atoms with Crippen molar-refractivity contribution >= 4 is 139 Å². The number of rotatable bonds is 14. The quantitative estimate of drug-likeness (QED) is 0.0991. The molecule has 0 aliphatic heterocycles. The number of hydrogen-bond donors (Lipinski definition) is 0. The summed E-state index contributed by atoms with van der Waals surface area (Å²) in [5.74, 6) is 1.75. The smallest absolute Gasteiger partial charge is 0.189 e. The van der Waals surface area contributed by atoms with Gasteiger partial charge in [0.2, 0.25) is 0 Å². The van der Waals surface area contributed by atoms with E-state index in [1.54, 1.807) is 14.2 Å². The third kappa shape index (κ3) is 19.6. The Morgan fingerprint density at radius 1 is 0.246 bits per heavy atom. The Morgan fingerprint density at radius 2 is 0.508 bits per heavy atom. The molecule has 10 heteroatoms. The molecule has 0 radical (unpaired) electrons. The first kappa shape index (κ1) is 80.9. The molecule has 0 amide bonds. The second kappa shape index (κ2) is 39.1. The molecule has 580 valence electrons.